The summed E-state index contributed by atoms with van der Waals surface area (Å²) in [6.07, 6.45) is 6.67. The number of ether oxygens (including phenoxy) is 2. The fourth-order valence-electron chi connectivity index (χ4n) is 6.11. The van der Waals surface area contributed by atoms with Crippen molar-refractivity contribution < 1.29 is 9.47 Å². The first-order valence-corrected chi connectivity index (χ1v) is 14.0. The highest BCUT2D eigenvalue weighted by Crippen LogP contribution is 2.36. The smallest absolute Gasteiger partial charge is 0.252 e. The van der Waals surface area contributed by atoms with Gasteiger partial charge in [0.2, 0.25) is 6.79 Å². The number of rotatable bonds is 8. The summed E-state index contributed by atoms with van der Waals surface area (Å²) in [5.41, 5.74) is 4.86. The summed E-state index contributed by atoms with van der Waals surface area (Å²) in [4.78, 5) is 18.9. The van der Waals surface area contributed by atoms with Gasteiger partial charge in [-0.15, -0.1) is 5.10 Å². The molecule has 0 bridgehead atoms. The minimum atomic E-state index is -0.0685. The maximum absolute atomic E-state index is 13.4. The van der Waals surface area contributed by atoms with Crippen molar-refractivity contribution in [3.63, 3.8) is 0 Å². The minimum absolute atomic E-state index is 0.0615. The normalized spacial score (nSPS) is 16.3. The van der Waals surface area contributed by atoms with Crippen LogP contribution in [0, 0.1) is 13.8 Å². The first-order chi connectivity index (χ1) is 19.0. The second-order valence-electron chi connectivity index (χ2n) is 10.9. The summed E-state index contributed by atoms with van der Waals surface area (Å²) in [6, 6.07) is 12.5. The van der Waals surface area contributed by atoms with Gasteiger partial charge in [-0.1, -0.05) is 44.4 Å². The summed E-state index contributed by atoms with van der Waals surface area (Å²) in [6.45, 7) is 7.58. The molecule has 1 aliphatic heterocycles. The average Bonchev–Trinajstić information content (AvgIpc) is 3.62. The number of aromatic nitrogens is 5. The molecule has 9 heteroatoms. The van der Waals surface area contributed by atoms with Crippen LogP contribution in [0.5, 0.6) is 11.5 Å². The lowest BCUT2D eigenvalue weighted by atomic mass is 9.95. The molecule has 0 spiro atoms. The lowest BCUT2D eigenvalue weighted by Crippen LogP contribution is -2.33. The van der Waals surface area contributed by atoms with Crippen LogP contribution in [0.25, 0.3) is 10.9 Å². The maximum Gasteiger partial charge on any atom is 0.252 e. The van der Waals surface area contributed by atoms with E-state index in [2.05, 4.69) is 68.2 Å². The third-order valence-electron chi connectivity index (χ3n) is 8.28. The Morgan fingerprint density at radius 3 is 2.64 bits per heavy atom. The Kier molecular flexibility index (Phi) is 7.08. The van der Waals surface area contributed by atoms with Crippen LogP contribution in [0.4, 0.5) is 0 Å². The molecule has 4 aromatic rings. The van der Waals surface area contributed by atoms with E-state index in [4.69, 9.17) is 9.47 Å². The van der Waals surface area contributed by atoms with E-state index in [9.17, 15) is 4.79 Å². The van der Waals surface area contributed by atoms with Crippen LogP contribution in [0.2, 0.25) is 0 Å². The van der Waals surface area contributed by atoms with Crippen LogP contribution in [0.15, 0.2) is 41.2 Å². The van der Waals surface area contributed by atoms with Crippen molar-refractivity contribution >= 4 is 10.9 Å². The predicted molar refractivity (Wildman–Crippen MR) is 149 cm³/mol. The Balaban J connectivity index is 1.40. The van der Waals surface area contributed by atoms with Gasteiger partial charge in [-0.2, -0.15) is 0 Å². The number of nitrogens with one attached hydrogen (secondary N) is 1. The van der Waals surface area contributed by atoms with Crippen molar-refractivity contribution in [1.82, 2.24) is 30.1 Å². The van der Waals surface area contributed by atoms with Crippen molar-refractivity contribution in [1.29, 1.82) is 0 Å². The molecule has 0 radical (unpaired) electrons. The molecule has 39 heavy (non-hydrogen) atoms. The van der Waals surface area contributed by atoms with Gasteiger partial charge < -0.3 is 14.5 Å². The van der Waals surface area contributed by atoms with Gasteiger partial charge in [0.1, 0.15) is 0 Å². The van der Waals surface area contributed by atoms with Gasteiger partial charge in [0.15, 0.2) is 17.3 Å². The number of tetrazole rings is 1. The van der Waals surface area contributed by atoms with E-state index in [1.807, 2.05) is 19.1 Å². The zero-order valence-electron chi connectivity index (χ0n) is 22.9. The molecule has 2 aliphatic rings. The van der Waals surface area contributed by atoms with Crippen molar-refractivity contribution in [3.8, 4) is 11.5 Å². The average molecular weight is 529 g/mol. The van der Waals surface area contributed by atoms with Gasteiger partial charge >= 0.3 is 0 Å². The van der Waals surface area contributed by atoms with E-state index in [-0.39, 0.29) is 18.4 Å². The molecule has 1 N–H and O–H groups in total. The summed E-state index contributed by atoms with van der Waals surface area (Å²) in [7, 11) is 0. The molecule has 0 saturated heterocycles. The van der Waals surface area contributed by atoms with E-state index in [1.165, 1.54) is 19.3 Å². The number of hydrogen-bond donors (Lipinski definition) is 1. The monoisotopic (exact) mass is 528 g/mol. The zero-order chi connectivity index (χ0) is 26.9. The molecule has 9 nitrogen and oxygen atoms in total. The molecular weight excluding hydrogens is 492 g/mol. The molecule has 2 aromatic heterocycles. The number of aromatic amines is 1. The Morgan fingerprint density at radius 1 is 1.03 bits per heavy atom. The number of fused-ring (bicyclic) bond motifs is 2. The van der Waals surface area contributed by atoms with E-state index in [1.54, 1.807) is 0 Å². The van der Waals surface area contributed by atoms with Gasteiger partial charge in [-0.3, -0.25) is 9.69 Å². The molecule has 6 rings (SSSR count). The molecular formula is C30H36N6O3. The fraction of sp³-hybridized carbons (Fsp3) is 0.467. The predicted octanol–water partition coefficient (Wildman–Crippen LogP) is 5.52. The number of benzene rings is 2. The van der Waals surface area contributed by atoms with Crippen molar-refractivity contribution in [2.24, 2.45) is 0 Å². The van der Waals surface area contributed by atoms with Crippen LogP contribution in [0.1, 0.15) is 85.6 Å². The number of hydrogen-bond acceptors (Lipinski definition) is 7. The highest BCUT2D eigenvalue weighted by atomic mass is 16.7. The Hall–Kier alpha value is -3.72. The summed E-state index contributed by atoms with van der Waals surface area (Å²) >= 11 is 0. The second kappa shape index (κ2) is 10.8. The summed E-state index contributed by atoms with van der Waals surface area (Å²) in [5, 5.41) is 14.2. The van der Waals surface area contributed by atoms with Crippen molar-refractivity contribution in [2.45, 2.75) is 84.5 Å². The largest absolute Gasteiger partial charge is 0.454 e. The third-order valence-corrected chi connectivity index (χ3v) is 8.28. The van der Waals surface area contributed by atoms with Crippen molar-refractivity contribution in [3.05, 3.63) is 74.8 Å². The Morgan fingerprint density at radius 2 is 1.82 bits per heavy atom. The molecule has 0 unspecified atom stereocenters. The van der Waals surface area contributed by atoms with Gasteiger partial charge in [-0.25, -0.2) is 4.68 Å². The SMILES string of the molecule is CC[C@@H](c1nnnn1C1CCCCC1)N(Cc1ccc2c(c1)OCO2)Cc1cc2c(C)ccc(C)c2[nH]c1=O. The first-order valence-electron chi connectivity index (χ1n) is 14.0. The molecule has 1 aliphatic carbocycles. The highest BCUT2D eigenvalue weighted by Gasteiger charge is 2.29. The maximum atomic E-state index is 13.4. The molecule has 2 aromatic carbocycles. The van der Waals surface area contributed by atoms with Gasteiger partial charge in [0.05, 0.1) is 17.6 Å². The summed E-state index contributed by atoms with van der Waals surface area (Å²) in [5.74, 6) is 2.38. The van der Waals surface area contributed by atoms with Crippen molar-refractivity contribution in [2.75, 3.05) is 6.79 Å². The highest BCUT2D eigenvalue weighted by molar-refractivity contribution is 5.85. The summed E-state index contributed by atoms with van der Waals surface area (Å²) < 4.78 is 13.2. The quantitative estimate of drug-likeness (QED) is 0.322. The molecule has 3 heterocycles. The van der Waals surface area contributed by atoms with Crippen LogP contribution in [0.3, 0.4) is 0 Å². The minimum Gasteiger partial charge on any atom is -0.454 e. The number of aryl methyl sites for hydroxylation is 2. The molecule has 1 atom stereocenters. The van der Waals surface area contributed by atoms with Crippen LogP contribution in [-0.2, 0) is 13.1 Å². The van der Waals surface area contributed by atoms with Crippen LogP contribution < -0.4 is 15.0 Å². The van der Waals surface area contributed by atoms with Gasteiger partial charge in [0, 0.05) is 24.0 Å². The molecule has 1 fully saturated rings. The third kappa shape index (κ3) is 5.03. The molecule has 204 valence electrons. The van der Waals surface area contributed by atoms with E-state index < -0.39 is 0 Å². The van der Waals surface area contributed by atoms with Crippen LogP contribution in [-0.4, -0.2) is 36.9 Å². The Bertz CT molecular complexity index is 1540. The first kappa shape index (κ1) is 25.6. The molecule has 0 amide bonds. The topological polar surface area (TPSA) is 98.2 Å². The second-order valence-corrected chi connectivity index (χ2v) is 10.9. The van der Waals surface area contributed by atoms with E-state index in [0.29, 0.717) is 19.1 Å². The number of H-pyrrole nitrogens is 1. The lowest BCUT2D eigenvalue weighted by Gasteiger charge is -2.32. The molecule has 1 saturated carbocycles. The standard InChI is InChI=1S/C30H36N6O3/c1-4-25(29-32-33-34-36(29)23-8-6-5-7-9-23)35(16-21-12-13-26-27(14-21)39-18-38-26)17-22-15-24-19(2)10-11-20(3)28(24)31-30(22)37/h10-15,23,25H,4-9,16-18H2,1-3H3,(H,31,37)/t25-/m0/s1. The van der Waals surface area contributed by atoms with E-state index in [0.717, 1.165) is 69.7 Å². The van der Waals surface area contributed by atoms with Gasteiger partial charge in [0.25, 0.3) is 5.56 Å². The Labute approximate surface area is 228 Å². The van der Waals surface area contributed by atoms with Gasteiger partial charge in [-0.05, 0) is 78.4 Å². The van der Waals surface area contributed by atoms with Crippen LogP contribution >= 0.6 is 0 Å². The zero-order valence-corrected chi connectivity index (χ0v) is 22.9. The fourth-order valence-corrected chi connectivity index (χ4v) is 6.11. The number of nitrogens with zero attached hydrogens (tertiary/aromatic N) is 5. The van der Waals surface area contributed by atoms with E-state index >= 15 is 0 Å². The number of pyridine rings is 1. The lowest BCUT2D eigenvalue weighted by molar-refractivity contribution is 0.155.